The molecular formula is C24H25N3O3. The molecule has 6 heteroatoms. The molecule has 0 bridgehead atoms. The third-order valence-electron chi connectivity index (χ3n) is 5.78. The molecule has 4 rings (SSSR count). The number of fused-ring (bicyclic) bond motifs is 1. The number of nitrogens with one attached hydrogen (secondary N) is 1. The number of hydrogen-bond donors (Lipinski definition) is 1. The lowest BCUT2D eigenvalue weighted by Crippen LogP contribution is -2.44. The fourth-order valence-corrected chi connectivity index (χ4v) is 4.06. The first-order chi connectivity index (χ1) is 14.5. The second-order valence-corrected chi connectivity index (χ2v) is 7.78. The first kappa shape index (κ1) is 19.9. The number of pyridine rings is 1. The third kappa shape index (κ3) is 3.85. The van der Waals surface area contributed by atoms with Crippen molar-refractivity contribution in [3.05, 3.63) is 65.9 Å². The van der Waals surface area contributed by atoms with E-state index in [0.717, 1.165) is 27.8 Å². The smallest absolute Gasteiger partial charge is 0.229 e. The molecule has 1 N–H and O–H groups in total. The topological polar surface area (TPSA) is 71.5 Å². The molecule has 2 amide bonds. The zero-order valence-corrected chi connectivity index (χ0v) is 17.4. The van der Waals surface area contributed by atoms with Crippen LogP contribution in [0.2, 0.25) is 0 Å². The predicted octanol–water partition coefficient (Wildman–Crippen LogP) is 4.10. The Balaban J connectivity index is 1.59. The number of aromatic nitrogens is 1. The molecule has 6 nitrogen and oxygen atoms in total. The summed E-state index contributed by atoms with van der Waals surface area (Å²) in [5, 5.41) is 3.92. The highest BCUT2D eigenvalue weighted by Crippen LogP contribution is 2.36. The van der Waals surface area contributed by atoms with Crippen molar-refractivity contribution in [2.45, 2.75) is 25.8 Å². The summed E-state index contributed by atoms with van der Waals surface area (Å²) in [4.78, 5) is 31.7. The van der Waals surface area contributed by atoms with E-state index in [-0.39, 0.29) is 23.8 Å². The molecule has 0 saturated carbocycles. The normalized spacial score (nSPS) is 19.0. The van der Waals surface area contributed by atoms with Crippen LogP contribution in [0.5, 0.6) is 5.75 Å². The number of likely N-dealkylation sites (tertiary alicyclic amines) is 1. The van der Waals surface area contributed by atoms with E-state index >= 15 is 0 Å². The maximum atomic E-state index is 13.2. The van der Waals surface area contributed by atoms with Gasteiger partial charge in [-0.3, -0.25) is 14.6 Å². The molecule has 1 aliphatic heterocycles. The molecular weight excluding hydrogens is 378 g/mol. The molecule has 2 heterocycles. The maximum absolute atomic E-state index is 13.2. The molecule has 1 aromatic heterocycles. The summed E-state index contributed by atoms with van der Waals surface area (Å²) >= 11 is 0. The van der Waals surface area contributed by atoms with Gasteiger partial charge in [0.15, 0.2) is 0 Å². The van der Waals surface area contributed by atoms with Crippen LogP contribution in [0.15, 0.2) is 54.7 Å². The first-order valence-electron chi connectivity index (χ1n) is 10.0. The second-order valence-electron chi connectivity index (χ2n) is 7.78. The third-order valence-corrected chi connectivity index (χ3v) is 5.78. The van der Waals surface area contributed by atoms with Crippen LogP contribution >= 0.6 is 0 Å². The van der Waals surface area contributed by atoms with Crippen LogP contribution in [-0.2, 0) is 9.59 Å². The molecule has 2 aromatic carbocycles. The molecule has 1 saturated heterocycles. The van der Waals surface area contributed by atoms with E-state index in [4.69, 9.17) is 4.74 Å². The fourth-order valence-electron chi connectivity index (χ4n) is 4.06. The zero-order chi connectivity index (χ0) is 21.3. The summed E-state index contributed by atoms with van der Waals surface area (Å²) in [6.07, 6.45) is 2.54. The van der Waals surface area contributed by atoms with Gasteiger partial charge in [-0.15, -0.1) is 0 Å². The summed E-state index contributed by atoms with van der Waals surface area (Å²) in [7, 11) is 3.39. The molecule has 2 atom stereocenters. The Kier molecular flexibility index (Phi) is 5.40. The van der Waals surface area contributed by atoms with Crippen molar-refractivity contribution in [1.82, 2.24) is 9.88 Å². The van der Waals surface area contributed by atoms with E-state index in [1.165, 1.54) is 0 Å². The van der Waals surface area contributed by atoms with Crippen LogP contribution in [-0.4, -0.2) is 35.9 Å². The fraction of sp³-hybridized carbons (Fsp3) is 0.292. The van der Waals surface area contributed by atoms with Crippen LogP contribution in [0.25, 0.3) is 10.9 Å². The Hall–Kier alpha value is -3.41. The number of amides is 2. The van der Waals surface area contributed by atoms with E-state index in [0.29, 0.717) is 18.5 Å². The van der Waals surface area contributed by atoms with Gasteiger partial charge in [-0.05, 0) is 37.1 Å². The number of nitrogens with zero attached hydrogens (tertiary/aromatic N) is 2. The van der Waals surface area contributed by atoms with Gasteiger partial charge in [0.05, 0.1) is 36.5 Å². The minimum Gasteiger partial charge on any atom is -0.497 e. The average molecular weight is 403 g/mol. The quantitative estimate of drug-likeness (QED) is 0.712. The summed E-state index contributed by atoms with van der Waals surface area (Å²) in [6.45, 7) is 2.02. The Morgan fingerprint density at radius 1 is 1.17 bits per heavy atom. The summed E-state index contributed by atoms with van der Waals surface area (Å²) in [5.41, 5.74) is 3.55. The SMILES string of the molecule is COc1ccc2cc(NC(=O)C3CCC(=O)N(C)C3c3ccc(C)cc3)cnc2c1. The molecule has 0 spiro atoms. The lowest BCUT2D eigenvalue weighted by Gasteiger charge is -2.38. The van der Waals surface area contributed by atoms with E-state index < -0.39 is 0 Å². The van der Waals surface area contributed by atoms with E-state index in [2.05, 4.69) is 10.3 Å². The number of carbonyl (C=O) groups excluding carboxylic acids is 2. The minimum atomic E-state index is -0.332. The Labute approximate surface area is 175 Å². The predicted molar refractivity (Wildman–Crippen MR) is 116 cm³/mol. The highest BCUT2D eigenvalue weighted by atomic mass is 16.5. The van der Waals surface area contributed by atoms with Gasteiger partial charge in [0.25, 0.3) is 0 Å². The highest BCUT2D eigenvalue weighted by Gasteiger charge is 2.38. The van der Waals surface area contributed by atoms with Gasteiger partial charge in [0.2, 0.25) is 11.8 Å². The van der Waals surface area contributed by atoms with Gasteiger partial charge < -0.3 is 15.0 Å². The van der Waals surface area contributed by atoms with Gasteiger partial charge in [-0.1, -0.05) is 29.8 Å². The van der Waals surface area contributed by atoms with Crippen LogP contribution in [0.3, 0.4) is 0 Å². The lowest BCUT2D eigenvalue weighted by atomic mass is 9.83. The van der Waals surface area contributed by atoms with Gasteiger partial charge in [0.1, 0.15) is 5.75 Å². The number of ether oxygens (including phenoxy) is 1. The van der Waals surface area contributed by atoms with Crippen molar-refractivity contribution >= 4 is 28.4 Å². The largest absolute Gasteiger partial charge is 0.497 e. The average Bonchev–Trinajstić information content (AvgIpc) is 2.76. The van der Waals surface area contributed by atoms with Crippen molar-refractivity contribution in [3.8, 4) is 5.75 Å². The molecule has 2 unspecified atom stereocenters. The number of aryl methyl sites for hydroxylation is 1. The van der Waals surface area contributed by atoms with Gasteiger partial charge in [0, 0.05) is 24.9 Å². The molecule has 0 radical (unpaired) electrons. The van der Waals surface area contributed by atoms with Crippen LogP contribution in [0, 0.1) is 12.8 Å². The summed E-state index contributed by atoms with van der Waals surface area (Å²) in [6, 6.07) is 15.3. The number of methoxy groups -OCH3 is 1. The molecule has 1 aliphatic rings. The maximum Gasteiger partial charge on any atom is 0.229 e. The Morgan fingerprint density at radius 2 is 1.93 bits per heavy atom. The van der Waals surface area contributed by atoms with Crippen LogP contribution in [0.1, 0.15) is 30.0 Å². The standard InChI is InChI=1S/C24H25N3O3/c1-15-4-6-16(7-5-15)23-20(10-11-22(28)27(23)2)24(29)26-18-12-17-8-9-19(30-3)13-21(17)25-14-18/h4-9,12-14,20,23H,10-11H2,1-3H3,(H,26,29). The minimum absolute atomic E-state index is 0.0611. The summed E-state index contributed by atoms with van der Waals surface area (Å²) in [5.74, 6) is 0.366. The number of anilines is 1. The van der Waals surface area contributed by atoms with Crippen LogP contribution < -0.4 is 10.1 Å². The number of piperidine rings is 1. The number of carbonyl (C=O) groups is 2. The molecule has 1 fully saturated rings. The van der Waals surface area contributed by atoms with Gasteiger partial charge in [-0.2, -0.15) is 0 Å². The van der Waals surface area contributed by atoms with Crippen molar-refractivity contribution in [2.24, 2.45) is 5.92 Å². The monoisotopic (exact) mass is 403 g/mol. The van der Waals surface area contributed by atoms with Gasteiger partial charge >= 0.3 is 0 Å². The number of rotatable bonds is 4. The Bertz CT molecular complexity index is 1090. The highest BCUT2D eigenvalue weighted by molar-refractivity contribution is 5.96. The van der Waals surface area contributed by atoms with E-state index in [1.807, 2.05) is 55.5 Å². The molecule has 154 valence electrons. The molecule has 0 aliphatic carbocycles. The molecule has 3 aromatic rings. The number of benzene rings is 2. The van der Waals surface area contributed by atoms with Crippen molar-refractivity contribution in [3.63, 3.8) is 0 Å². The van der Waals surface area contributed by atoms with E-state index in [9.17, 15) is 9.59 Å². The first-order valence-corrected chi connectivity index (χ1v) is 10.0. The van der Waals surface area contributed by atoms with Crippen molar-refractivity contribution < 1.29 is 14.3 Å². The van der Waals surface area contributed by atoms with Crippen molar-refractivity contribution in [1.29, 1.82) is 0 Å². The van der Waals surface area contributed by atoms with E-state index in [1.54, 1.807) is 25.3 Å². The zero-order valence-electron chi connectivity index (χ0n) is 17.4. The van der Waals surface area contributed by atoms with Crippen molar-refractivity contribution in [2.75, 3.05) is 19.5 Å². The molecule has 30 heavy (non-hydrogen) atoms. The Morgan fingerprint density at radius 3 is 2.67 bits per heavy atom. The van der Waals surface area contributed by atoms with Crippen LogP contribution in [0.4, 0.5) is 5.69 Å². The summed E-state index contributed by atoms with van der Waals surface area (Å²) < 4.78 is 5.23. The lowest BCUT2D eigenvalue weighted by molar-refractivity contribution is -0.140. The van der Waals surface area contributed by atoms with Gasteiger partial charge in [-0.25, -0.2) is 0 Å². The number of hydrogen-bond acceptors (Lipinski definition) is 4. The second kappa shape index (κ2) is 8.14.